The third-order valence-electron chi connectivity index (χ3n) is 4.57. The summed E-state index contributed by atoms with van der Waals surface area (Å²) in [6, 6.07) is 12.6. The van der Waals surface area contributed by atoms with E-state index in [1.807, 2.05) is 11.9 Å². The Balaban J connectivity index is 2.12. The molecule has 116 valence electrons. The number of rotatable bonds is 2. The molecule has 1 fully saturated rings. The van der Waals surface area contributed by atoms with E-state index in [4.69, 9.17) is 0 Å². The summed E-state index contributed by atoms with van der Waals surface area (Å²) in [7, 11) is 1.93. The van der Waals surface area contributed by atoms with Gasteiger partial charge in [-0.3, -0.25) is 0 Å². The molecule has 1 N–H and O–H groups in total. The first kappa shape index (κ1) is 15.1. The fourth-order valence-electron chi connectivity index (χ4n) is 3.34. The third-order valence-corrected chi connectivity index (χ3v) is 4.57. The predicted molar refractivity (Wildman–Crippen MR) is 81.6 cm³/mol. The van der Waals surface area contributed by atoms with Crippen LogP contribution in [0.5, 0.6) is 0 Å². The fraction of sp³-hybridized carbons (Fsp3) is 0.333. The Bertz CT molecular complexity index is 676. The number of piperidine rings is 1. The summed E-state index contributed by atoms with van der Waals surface area (Å²) >= 11 is 0. The van der Waals surface area contributed by atoms with Crippen LogP contribution in [0.1, 0.15) is 23.5 Å². The Morgan fingerprint density at radius 3 is 2.36 bits per heavy atom. The van der Waals surface area contributed by atoms with Crippen molar-refractivity contribution in [2.75, 3.05) is 20.1 Å². The van der Waals surface area contributed by atoms with Gasteiger partial charge in [0.2, 0.25) is 0 Å². The topological polar surface area (TPSA) is 23.5 Å². The van der Waals surface area contributed by atoms with E-state index >= 15 is 0 Å². The van der Waals surface area contributed by atoms with Crippen molar-refractivity contribution < 1.29 is 13.9 Å². The molecular formula is C18H19F2NO. The summed E-state index contributed by atoms with van der Waals surface area (Å²) in [5.41, 5.74) is -0.726. The van der Waals surface area contributed by atoms with E-state index in [2.05, 4.69) is 0 Å². The second-order valence-corrected chi connectivity index (χ2v) is 5.99. The van der Waals surface area contributed by atoms with Gasteiger partial charge in [0.25, 0.3) is 0 Å². The van der Waals surface area contributed by atoms with Gasteiger partial charge in [0.05, 0.1) is 0 Å². The largest absolute Gasteiger partial charge is 0.384 e. The highest BCUT2D eigenvalue weighted by molar-refractivity contribution is 5.34. The predicted octanol–water partition coefficient (Wildman–Crippen LogP) is 3.27. The summed E-state index contributed by atoms with van der Waals surface area (Å²) < 4.78 is 28.5. The summed E-state index contributed by atoms with van der Waals surface area (Å²) in [5, 5.41) is 11.2. The van der Waals surface area contributed by atoms with Crippen molar-refractivity contribution >= 4 is 0 Å². The summed E-state index contributed by atoms with van der Waals surface area (Å²) in [6.07, 6.45) is 0.365. The zero-order chi connectivity index (χ0) is 15.7. The molecule has 2 aromatic rings. The molecule has 3 rings (SSSR count). The first-order valence-electron chi connectivity index (χ1n) is 7.43. The van der Waals surface area contributed by atoms with Crippen molar-refractivity contribution in [3.05, 3.63) is 71.3 Å². The molecule has 0 spiro atoms. The molecule has 0 aromatic heterocycles. The van der Waals surface area contributed by atoms with Crippen molar-refractivity contribution in [3.8, 4) is 0 Å². The van der Waals surface area contributed by atoms with Gasteiger partial charge in [-0.1, -0.05) is 36.4 Å². The quantitative estimate of drug-likeness (QED) is 0.920. The lowest BCUT2D eigenvalue weighted by Crippen LogP contribution is -2.48. The van der Waals surface area contributed by atoms with Crippen LogP contribution in [-0.2, 0) is 5.60 Å². The van der Waals surface area contributed by atoms with Crippen molar-refractivity contribution in [2.24, 2.45) is 0 Å². The normalized spacial score (nSPS) is 26.1. The van der Waals surface area contributed by atoms with Gasteiger partial charge < -0.3 is 10.0 Å². The molecule has 1 aliphatic rings. The van der Waals surface area contributed by atoms with Gasteiger partial charge in [0, 0.05) is 24.6 Å². The van der Waals surface area contributed by atoms with Crippen molar-refractivity contribution in [2.45, 2.75) is 17.9 Å². The SMILES string of the molecule is CN1CCC(O)(c2ccccc2F)C(c2ccccc2F)C1. The molecule has 2 unspecified atom stereocenters. The van der Waals surface area contributed by atoms with E-state index < -0.39 is 17.3 Å². The van der Waals surface area contributed by atoms with Crippen molar-refractivity contribution in [3.63, 3.8) is 0 Å². The first-order valence-corrected chi connectivity index (χ1v) is 7.43. The number of likely N-dealkylation sites (N-methyl/N-ethyl adjacent to an activating group) is 1. The van der Waals surface area contributed by atoms with Crippen molar-refractivity contribution in [1.82, 2.24) is 4.90 Å². The first-order chi connectivity index (χ1) is 10.5. The Hall–Kier alpha value is -1.78. The zero-order valence-corrected chi connectivity index (χ0v) is 12.5. The van der Waals surface area contributed by atoms with Crippen LogP contribution in [0.25, 0.3) is 0 Å². The number of halogens is 2. The summed E-state index contributed by atoms with van der Waals surface area (Å²) in [6.45, 7) is 1.11. The fourth-order valence-corrected chi connectivity index (χ4v) is 3.34. The summed E-state index contributed by atoms with van der Waals surface area (Å²) in [5.74, 6) is -1.32. The molecule has 0 amide bonds. The molecule has 0 radical (unpaired) electrons. The smallest absolute Gasteiger partial charge is 0.129 e. The van der Waals surface area contributed by atoms with Crippen molar-refractivity contribution in [1.29, 1.82) is 0 Å². The van der Waals surface area contributed by atoms with Gasteiger partial charge in [-0.15, -0.1) is 0 Å². The second kappa shape index (κ2) is 5.78. The molecular weight excluding hydrogens is 284 g/mol. The molecule has 0 bridgehead atoms. The van der Waals surface area contributed by atoms with Gasteiger partial charge in [0.1, 0.15) is 17.2 Å². The molecule has 1 aliphatic heterocycles. The summed E-state index contributed by atoms with van der Waals surface area (Å²) in [4.78, 5) is 2.03. The molecule has 1 saturated heterocycles. The van der Waals surface area contributed by atoms with Crippen LogP contribution in [0.4, 0.5) is 8.78 Å². The number of hydrogen-bond donors (Lipinski definition) is 1. The highest BCUT2D eigenvalue weighted by atomic mass is 19.1. The van der Waals surface area contributed by atoms with Crippen LogP contribution in [0.2, 0.25) is 0 Å². The second-order valence-electron chi connectivity index (χ2n) is 5.99. The lowest BCUT2D eigenvalue weighted by atomic mass is 9.72. The average molecular weight is 303 g/mol. The highest BCUT2D eigenvalue weighted by Crippen LogP contribution is 2.44. The van der Waals surface area contributed by atoms with Crippen LogP contribution < -0.4 is 0 Å². The van der Waals surface area contributed by atoms with Gasteiger partial charge in [0.15, 0.2) is 0 Å². The number of likely N-dealkylation sites (tertiary alicyclic amines) is 1. The van der Waals surface area contributed by atoms with Crippen LogP contribution >= 0.6 is 0 Å². The van der Waals surface area contributed by atoms with Crippen LogP contribution in [0.15, 0.2) is 48.5 Å². The molecule has 4 heteroatoms. The van der Waals surface area contributed by atoms with E-state index in [0.29, 0.717) is 25.1 Å². The van der Waals surface area contributed by atoms with E-state index in [9.17, 15) is 13.9 Å². The lowest BCUT2D eigenvalue weighted by molar-refractivity contribution is -0.0453. The van der Waals surface area contributed by atoms with Gasteiger partial charge in [-0.05, 0) is 31.2 Å². The minimum Gasteiger partial charge on any atom is -0.384 e. The molecule has 1 heterocycles. The maximum atomic E-state index is 14.2. The molecule has 0 aliphatic carbocycles. The molecule has 0 saturated carbocycles. The van der Waals surface area contributed by atoms with E-state index in [0.717, 1.165) is 0 Å². The maximum absolute atomic E-state index is 14.2. The van der Waals surface area contributed by atoms with E-state index in [-0.39, 0.29) is 11.4 Å². The average Bonchev–Trinajstić information content (AvgIpc) is 2.51. The van der Waals surface area contributed by atoms with Gasteiger partial charge in [-0.25, -0.2) is 8.78 Å². The highest BCUT2D eigenvalue weighted by Gasteiger charge is 2.45. The van der Waals surface area contributed by atoms with E-state index in [1.54, 1.807) is 36.4 Å². The minimum absolute atomic E-state index is 0.247. The van der Waals surface area contributed by atoms with Gasteiger partial charge >= 0.3 is 0 Å². The van der Waals surface area contributed by atoms with Crippen LogP contribution in [0.3, 0.4) is 0 Å². The Morgan fingerprint density at radius 1 is 1.05 bits per heavy atom. The molecule has 2 nitrogen and oxygen atoms in total. The molecule has 22 heavy (non-hydrogen) atoms. The zero-order valence-electron chi connectivity index (χ0n) is 12.5. The third kappa shape index (κ3) is 2.53. The number of benzene rings is 2. The number of hydrogen-bond acceptors (Lipinski definition) is 2. The van der Waals surface area contributed by atoms with Gasteiger partial charge in [-0.2, -0.15) is 0 Å². The molecule has 2 atom stereocenters. The minimum atomic E-state index is -1.40. The van der Waals surface area contributed by atoms with Crippen LogP contribution in [-0.4, -0.2) is 30.1 Å². The number of nitrogens with zero attached hydrogens (tertiary/aromatic N) is 1. The Kier molecular flexibility index (Phi) is 3.98. The Morgan fingerprint density at radius 2 is 1.68 bits per heavy atom. The maximum Gasteiger partial charge on any atom is 0.129 e. The Labute approximate surface area is 129 Å². The van der Waals surface area contributed by atoms with E-state index in [1.165, 1.54) is 12.1 Å². The van der Waals surface area contributed by atoms with Crippen LogP contribution in [0, 0.1) is 11.6 Å². The standard InChI is InChI=1S/C18H19F2NO/c1-21-11-10-18(22,14-7-3-5-9-17(14)20)15(12-21)13-6-2-4-8-16(13)19/h2-9,15,22H,10-12H2,1H3. The monoisotopic (exact) mass is 303 g/mol. The number of aliphatic hydroxyl groups is 1. The lowest BCUT2D eigenvalue weighted by Gasteiger charge is -2.44. The molecule has 2 aromatic carbocycles.